The highest BCUT2D eigenvalue weighted by Gasteiger charge is 2.33. The predicted molar refractivity (Wildman–Crippen MR) is 64.7 cm³/mol. The molecule has 2 heterocycles. The van der Waals surface area contributed by atoms with Crippen molar-refractivity contribution in [3.8, 4) is 11.5 Å². The largest absolute Gasteiger partial charge is 0.490 e. The van der Waals surface area contributed by atoms with Crippen molar-refractivity contribution in [3.05, 3.63) is 22.3 Å². The number of aliphatic hydroxyl groups is 1. The lowest BCUT2D eigenvalue weighted by molar-refractivity contribution is 0.236. The van der Waals surface area contributed by atoms with Crippen molar-refractivity contribution in [2.75, 3.05) is 0 Å². The molecule has 3 heteroatoms. The van der Waals surface area contributed by atoms with E-state index >= 15 is 0 Å². The zero-order valence-electron chi connectivity index (χ0n) is 10.5. The number of ether oxygens (including phenoxy) is 2. The van der Waals surface area contributed by atoms with E-state index in [4.69, 9.17) is 9.47 Å². The molecule has 2 aliphatic rings. The minimum absolute atomic E-state index is 0.0355. The molecule has 17 heavy (non-hydrogen) atoms. The third-order valence-electron chi connectivity index (χ3n) is 3.76. The van der Waals surface area contributed by atoms with Gasteiger partial charge in [0.2, 0.25) is 0 Å². The second-order valence-corrected chi connectivity index (χ2v) is 5.14. The molecular formula is C14H18O3. The maximum absolute atomic E-state index is 9.59. The molecule has 0 fully saturated rings. The van der Waals surface area contributed by atoms with Crippen molar-refractivity contribution in [1.82, 2.24) is 0 Å². The minimum Gasteiger partial charge on any atom is -0.490 e. The predicted octanol–water partition coefficient (Wildman–Crippen LogP) is 2.13. The van der Waals surface area contributed by atoms with E-state index in [0.29, 0.717) is 0 Å². The van der Waals surface area contributed by atoms with E-state index in [-0.39, 0.29) is 18.8 Å². The van der Waals surface area contributed by atoms with E-state index in [1.165, 1.54) is 11.1 Å². The summed E-state index contributed by atoms with van der Waals surface area (Å²) >= 11 is 0. The van der Waals surface area contributed by atoms with Gasteiger partial charge in [-0.3, -0.25) is 0 Å². The molecule has 0 aromatic heterocycles. The first-order chi connectivity index (χ1) is 8.11. The van der Waals surface area contributed by atoms with Crippen LogP contribution in [-0.4, -0.2) is 17.3 Å². The first-order valence-electron chi connectivity index (χ1n) is 6.23. The number of fused-ring (bicyclic) bond motifs is 2. The van der Waals surface area contributed by atoms with E-state index in [9.17, 15) is 5.11 Å². The summed E-state index contributed by atoms with van der Waals surface area (Å²) in [6, 6.07) is 0. The standard InChI is InChI=1S/C14H18O3/c1-7-4-10-9(3)13-11(5-8(2)16-13)12(6-15)14(10)17-7/h7-8,15H,4-6H2,1-3H3. The van der Waals surface area contributed by atoms with Crippen LogP contribution in [0.15, 0.2) is 0 Å². The van der Waals surface area contributed by atoms with Crippen LogP contribution < -0.4 is 9.47 Å². The minimum atomic E-state index is 0.0355. The van der Waals surface area contributed by atoms with Crippen molar-refractivity contribution in [2.24, 2.45) is 0 Å². The molecule has 92 valence electrons. The quantitative estimate of drug-likeness (QED) is 0.809. The first-order valence-corrected chi connectivity index (χ1v) is 6.23. The van der Waals surface area contributed by atoms with Crippen molar-refractivity contribution >= 4 is 0 Å². The lowest BCUT2D eigenvalue weighted by Crippen LogP contribution is -2.08. The maximum atomic E-state index is 9.59. The zero-order valence-corrected chi connectivity index (χ0v) is 10.5. The Labute approximate surface area is 101 Å². The molecule has 0 bridgehead atoms. The Kier molecular flexibility index (Phi) is 2.33. The average molecular weight is 234 g/mol. The summed E-state index contributed by atoms with van der Waals surface area (Å²) in [6.45, 7) is 6.26. The van der Waals surface area contributed by atoms with Crippen molar-refractivity contribution in [1.29, 1.82) is 0 Å². The molecule has 1 aromatic carbocycles. The second-order valence-electron chi connectivity index (χ2n) is 5.14. The van der Waals surface area contributed by atoms with Crippen LogP contribution in [0.2, 0.25) is 0 Å². The van der Waals surface area contributed by atoms with Crippen LogP contribution in [0.5, 0.6) is 11.5 Å². The molecule has 0 spiro atoms. The van der Waals surface area contributed by atoms with Crippen LogP contribution in [0.25, 0.3) is 0 Å². The molecule has 1 aromatic rings. The van der Waals surface area contributed by atoms with Crippen LogP contribution in [0.4, 0.5) is 0 Å². The SMILES string of the molecule is Cc1c2c(c(CO)c3c1OC(C)C3)OC(C)C2. The zero-order chi connectivity index (χ0) is 12.2. The van der Waals surface area contributed by atoms with Gasteiger partial charge in [-0.2, -0.15) is 0 Å². The molecule has 3 rings (SSSR count). The van der Waals surface area contributed by atoms with E-state index in [2.05, 4.69) is 20.8 Å². The third kappa shape index (κ3) is 1.45. The number of benzene rings is 1. The van der Waals surface area contributed by atoms with Gasteiger partial charge in [-0.1, -0.05) is 0 Å². The second kappa shape index (κ2) is 3.64. The van der Waals surface area contributed by atoms with E-state index < -0.39 is 0 Å². The van der Waals surface area contributed by atoms with Gasteiger partial charge in [0, 0.05) is 29.5 Å². The van der Waals surface area contributed by atoms with Gasteiger partial charge in [-0.05, 0) is 26.3 Å². The van der Waals surface area contributed by atoms with Crippen molar-refractivity contribution in [2.45, 2.75) is 52.4 Å². The topological polar surface area (TPSA) is 38.7 Å². The van der Waals surface area contributed by atoms with Gasteiger partial charge in [0.25, 0.3) is 0 Å². The van der Waals surface area contributed by atoms with Gasteiger partial charge >= 0.3 is 0 Å². The average Bonchev–Trinajstić information content (AvgIpc) is 2.83. The molecule has 0 saturated carbocycles. The Morgan fingerprint density at radius 1 is 1.06 bits per heavy atom. The fourth-order valence-electron chi connectivity index (χ4n) is 2.98. The summed E-state index contributed by atoms with van der Waals surface area (Å²) < 4.78 is 11.7. The molecule has 0 radical (unpaired) electrons. The van der Waals surface area contributed by atoms with Gasteiger partial charge in [0.1, 0.15) is 23.7 Å². The van der Waals surface area contributed by atoms with Crippen LogP contribution in [-0.2, 0) is 19.4 Å². The van der Waals surface area contributed by atoms with Crippen LogP contribution in [0.3, 0.4) is 0 Å². The highest BCUT2D eigenvalue weighted by Crippen LogP contribution is 2.46. The molecule has 0 saturated heterocycles. The van der Waals surface area contributed by atoms with Gasteiger partial charge in [0.05, 0.1) is 6.61 Å². The highest BCUT2D eigenvalue weighted by atomic mass is 16.5. The molecular weight excluding hydrogens is 216 g/mol. The number of hydrogen-bond donors (Lipinski definition) is 1. The Hall–Kier alpha value is -1.22. The summed E-state index contributed by atoms with van der Waals surface area (Å²) in [4.78, 5) is 0. The molecule has 2 atom stereocenters. The summed E-state index contributed by atoms with van der Waals surface area (Å²) in [5.41, 5.74) is 4.50. The summed E-state index contributed by atoms with van der Waals surface area (Å²) in [5, 5.41) is 9.59. The van der Waals surface area contributed by atoms with E-state index in [0.717, 1.165) is 35.5 Å². The smallest absolute Gasteiger partial charge is 0.129 e. The highest BCUT2D eigenvalue weighted by molar-refractivity contribution is 5.61. The molecule has 3 nitrogen and oxygen atoms in total. The first kappa shape index (κ1) is 10.9. The lowest BCUT2D eigenvalue weighted by Gasteiger charge is -2.14. The summed E-state index contributed by atoms with van der Waals surface area (Å²) in [7, 11) is 0. The molecule has 0 aliphatic carbocycles. The Morgan fingerprint density at radius 2 is 1.65 bits per heavy atom. The number of rotatable bonds is 1. The van der Waals surface area contributed by atoms with Crippen molar-refractivity contribution < 1.29 is 14.6 Å². The summed E-state index contributed by atoms with van der Waals surface area (Å²) in [6.07, 6.45) is 2.19. The monoisotopic (exact) mass is 234 g/mol. The van der Waals surface area contributed by atoms with E-state index in [1.807, 2.05) is 0 Å². The van der Waals surface area contributed by atoms with Gasteiger partial charge in [-0.15, -0.1) is 0 Å². The maximum Gasteiger partial charge on any atom is 0.129 e. The van der Waals surface area contributed by atoms with Crippen LogP contribution >= 0.6 is 0 Å². The lowest BCUT2D eigenvalue weighted by atomic mass is 9.94. The normalized spacial score (nSPS) is 25.2. The number of aliphatic hydroxyl groups excluding tert-OH is 1. The molecule has 2 aliphatic heterocycles. The summed E-state index contributed by atoms with van der Waals surface area (Å²) in [5.74, 6) is 1.90. The molecule has 1 N–H and O–H groups in total. The molecule has 0 amide bonds. The van der Waals surface area contributed by atoms with Crippen LogP contribution in [0.1, 0.15) is 36.1 Å². The Bertz CT molecular complexity index is 440. The van der Waals surface area contributed by atoms with Crippen LogP contribution in [0, 0.1) is 6.92 Å². The number of hydrogen-bond acceptors (Lipinski definition) is 3. The fourth-order valence-corrected chi connectivity index (χ4v) is 2.98. The van der Waals surface area contributed by atoms with Crippen molar-refractivity contribution in [3.63, 3.8) is 0 Å². The third-order valence-corrected chi connectivity index (χ3v) is 3.76. The van der Waals surface area contributed by atoms with Gasteiger partial charge in [-0.25, -0.2) is 0 Å². The fraction of sp³-hybridized carbons (Fsp3) is 0.571. The van der Waals surface area contributed by atoms with Gasteiger partial charge < -0.3 is 14.6 Å². The molecule has 2 unspecified atom stereocenters. The van der Waals surface area contributed by atoms with Gasteiger partial charge in [0.15, 0.2) is 0 Å². The Balaban J connectivity index is 2.23. The Morgan fingerprint density at radius 3 is 2.29 bits per heavy atom. The van der Waals surface area contributed by atoms with E-state index in [1.54, 1.807) is 0 Å².